The third kappa shape index (κ3) is 5.10. The molecule has 11 heteroatoms. The molecule has 0 atom stereocenters. The SMILES string of the molecule is Cc1cc(F)c(C(=O)Nc2cnn(C(C)(C)C)c2F)cc1-c1cc(N2CCOCC2)c2nc(C(C)C)nn2c1. The van der Waals surface area contributed by atoms with Gasteiger partial charge in [0.25, 0.3) is 5.91 Å². The number of fused-ring (bicyclic) bond motifs is 1. The van der Waals surface area contributed by atoms with Crippen molar-refractivity contribution < 1.29 is 18.3 Å². The van der Waals surface area contributed by atoms with E-state index in [0.29, 0.717) is 37.4 Å². The van der Waals surface area contributed by atoms with Crippen LogP contribution >= 0.6 is 0 Å². The van der Waals surface area contributed by atoms with Gasteiger partial charge < -0.3 is 15.0 Å². The van der Waals surface area contributed by atoms with E-state index in [1.54, 1.807) is 32.2 Å². The third-order valence-corrected chi connectivity index (χ3v) is 6.76. The summed E-state index contributed by atoms with van der Waals surface area (Å²) in [7, 11) is 0. The number of hydrogen-bond donors (Lipinski definition) is 1. The molecule has 9 nitrogen and oxygen atoms in total. The van der Waals surface area contributed by atoms with Crippen LogP contribution in [0.15, 0.2) is 30.6 Å². The van der Waals surface area contributed by atoms with E-state index in [2.05, 4.69) is 20.4 Å². The van der Waals surface area contributed by atoms with Gasteiger partial charge in [0.15, 0.2) is 11.5 Å². The van der Waals surface area contributed by atoms with Crippen molar-refractivity contribution in [3.8, 4) is 11.1 Å². The molecule has 1 aliphatic heterocycles. The first kappa shape index (κ1) is 26.7. The summed E-state index contributed by atoms with van der Waals surface area (Å²) >= 11 is 0. The Kier molecular flexibility index (Phi) is 6.88. The summed E-state index contributed by atoms with van der Waals surface area (Å²) in [6.45, 7) is 13.8. The number of ether oxygens (including phenoxy) is 1. The number of aromatic nitrogens is 5. The van der Waals surface area contributed by atoms with Gasteiger partial charge in [-0.15, -0.1) is 0 Å². The average molecular weight is 538 g/mol. The number of pyridine rings is 1. The number of carbonyl (C=O) groups excluding carboxylic acids is 1. The molecule has 1 fully saturated rings. The minimum Gasteiger partial charge on any atom is -0.378 e. The molecule has 1 saturated heterocycles. The van der Waals surface area contributed by atoms with Gasteiger partial charge in [-0.05, 0) is 57.0 Å². The molecule has 1 aliphatic rings. The fourth-order valence-electron chi connectivity index (χ4n) is 4.65. The first-order valence-corrected chi connectivity index (χ1v) is 13.0. The average Bonchev–Trinajstić information content (AvgIpc) is 3.47. The number of halogens is 2. The Labute approximate surface area is 225 Å². The normalized spacial score (nSPS) is 14.4. The van der Waals surface area contributed by atoms with Crippen molar-refractivity contribution in [2.24, 2.45) is 0 Å². The molecule has 206 valence electrons. The van der Waals surface area contributed by atoms with Gasteiger partial charge in [-0.1, -0.05) is 13.8 Å². The molecule has 0 radical (unpaired) electrons. The Morgan fingerprint density at radius 2 is 1.85 bits per heavy atom. The number of nitrogens with one attached hydrogen (secondary N) is 1. The number of carbonyl (C=O) groups is 1. The Morgan fingerprint density at radius 1 is 1.13 bits per heavy atom. The number of rotatable bonds is 5. The molecule has 0 aliphatic carbocycles. The van der Waals surface area contributed by atoms with Gasteiger partial charge in [0.1, 0.15) is 11.5 Å². The highest BCUT2D eigenvalue weighted by atomic mass is 19.1. The highest BCUT2D eigenvalue weighted by Gasteiger charge is 2.25. The van der Waals surface area contributed by atoms with Gasteiger partial charge in [-0.25, -0.2) is 18.6 Å². The molecule has 3 aromatic heterocycles. The van der Waals surface area contributed by atoms with Crippen LogP contribution in [0.25, 0.3) is 16.8 Å². The summed E-state index contributed by atoms with van der Waals surface area (Å²) in [5.41, 5.74) is 2.74. The Bertz CT molecular complexity index is 1550. The van der Waals surface area contributed by atoms with Gasteiger partial charge in [0, 0.05) is 30.8 Å². The molecule has 0 bridgehead atoms. The zero-order chi connectivity index (χ0) is 28.1. The second-order valence-electron chi connectivity index (χ2n) is 11.1. The van der Waals surface area contributed by atoms with Crippen LogP contribution in [0.4, 0.5) is 20.2 Å². The van der Waals surface area contributed by atoms with Crippen LogP contribution in [-0.4, -0.2) is 56.6 Å². The lowest BCUT2D eigenvalue weighted by Gasteiger charge is -2.29. The molecule has 0 unspecified atom stereocenters. The zero-order valence-corrected chi connectivity index (χ0v) is 23.0. The topological polar surface area (TPSA) is 89.6 Å². The predicted octanol–water partition coefficient (Wildman–Crippen LogP) is 5.15. The van der Waals surface area contributed by atoms with Crippen LogP contribution in [0.1, 0.15) is 62.3 Å². The number of benzene rings is 1. The number of amides is 1. The quantitative estimate of drug-likeness (QED) is 0.379. The van der Waals surface area contributed by atoms with Crippen molar-refractivity contribution in [2.75, 3.05) is 36.5 Å². The van der Waals surface area contributed by atoms with Crippen LogP contribution in [0.5, 0.6) is 0 Å². The molecule has 39 heavy (non-hydrogen) atoms. The molecular formula is C28H33F2N7O2. The van der Waals surface area contributed by atoms with Crippen molar-refractivity contribution in [2.45, 2.75) is 53.0 Å². The standard InChI is InChI=1S/C28H33F2N7O2/c1-16(2)25-33-26-23(35-7-9-39-10-8-35)12-18(15-36(26)34-25)19-13-20(21(29)11-17(19)3)27(38)32-22-14-31-37(24(22)30)28(4,5)6/h11-16H,7-10H2,1-6H3,(H,32,38). The van der Waals surface area contributed by atoms with Gasteiger partial charge in [-0.2, -0.15) is 14.6 Å². The summed E-state index contributed by atoms with van der Waals surface area (Å²) in [5.74, 6) is -1.31. The van der Waals surface area contributed by atoms with E-state index in [0.717, 1.165) is 22.7 Å². The van der Waals surface area contributed by atoms with E-state index < -0.39 is 23.2 Å². The summed E-state index contributed by atoms with van der Waals surface area (Å²) in [6, 6.07) is 4.81. The molecule has 4 heterocycles. The van der Waals surface area contributed by atoms with E-state index >= 15 is 4.39 Å². The summed E-state index contributed by atoms with van der Waals surface area (Å²) in [4.78, 5) is 20.1. The maximum absolute atomic E-state index is 15.1. The Morgan fingerprint density at radius 3 is 2.49 bits per heavy atom. The monoisotopic (exact) mass is 537 g/mol. The fraction of sp³-hybridized carbons (Fsp3) is 0.429. The van der Waals surface area contributed by atoms with Gasteiger partial charge >= 0.3 is 0 Å². The maximum Gasteiger partial charge on any atom is 0.258 e. The van der Waals surface area contributed by atoms with Crippen molar-refractivity contribution in [3.63, 3.8) is 0 Å². The highest BCUT2D eigenvalue weighted by Crippen LogP contribution is 2.33. The molecule has 1 N–H and O–H groups in total. The lowest BCUT2D eigenvalue weighted by atomic mass is 9.98. The van der Waals surface area contributed by atoms with Crippen LogP contribution in [0.3, 0.4) is 0 Å². The van der Waals surface area contributed by atoms with E-state index in [9.17, 15) is 9.18 Å². The summed E-state index contributed by atoms with van der Waals surface area (Å²) in [6.07, 6.45) is 3.07. The Hall–Kier alpha value is -3.86. The van der Waals surface area contributed by atoms with Crippen molar-refractivity contribution in [1.82, 2.24) is 24.4 Å². The maximum atomic E-state index is 15.1. The summed E-state index contributed by atoms with van der Waals surface area (Å²) < 4.78 is 38.4. The number of aryl methyl sites for hydroxylation is 1. The van der Waals surface area contributed by atoms with Crippen LogP contribution < -0.4 is 10.2 Å². The van der Waals surface area contributed by atoms with Crippen molar-refractivity contribution >= 4 is 22.9 Å². The Balaban J connectivity index is 1.57. The van der Waals surface area contributed by atoms with Gasteiger partial charge in [0.2, 0.25) is 5.95 Å². The predicted molar refractivity (Wildman–Crippen MR) is 145 cm³/mol. The van der Waals surface area contributed by atoms with E-state index in [4.69, 9.17) is 9.72 Å². The van der Waals surface area contributed by atoms with E-state index in [1.165, 1.54) is 23.0 Å². The summed E-state index contributed by atoms with van der Waals surface area (Å²) in [5, 5.41) is 11.2. The molecular weight excluding hydrogens is 504 g/mol. The zero-order valence-electron chi connectivity index (χ0n) is 23.0. The highest BCUT2D eigenvalue weighted by molar-refractivity contribution is 6.05. The number of hydrogen-bond acceptors (Lipinski definition) is 6. The van der Waals surface area contributed by atoms with Crippen molar-refractivity contribution in [3.05, 3.63) is 59.3 Å². The van der Waals surface area contributed by atoms with Crippen LogP contribution in [-0.2, 0) is 10.3 Å². The van der Waals surface area contributed by atoms with E-state index in [-0.39, 0.29) is 17.2 Å². The molecule has 0 spiro atoms. The van der Waals surface area contributed by atoms with E-state index in [1.807, 2.05) is 26.1 Å². The fourth-order valence-corrected chi connectivity index (χ4v) is 4.65. The second-order valence-corrected chi connectivity index (χ2v) is 11.1. The largest absolute Gasteiger partial charge is 0.378 e. The number of anilines is 2. The minimum atomic E-state index is -0.765. The van der Waals surface area contributed by atoms with Gasteiger partial charge in [0.05, 0.1) is 36.2 Å². The smallest absolute Gasteiger partial charge is 0.258 e. The third-order valence-electron chi connectivity index (χ3n) is 6.76. The molecule has 0 saturated carbocycles. The lowest BCUT2D eigenvalue weighted by Crippen LogP contribution is -2.36. The second kappa shape index (κ2) is 10.0. The number of nitrogens with zero attached hydrogens (tertiary/aromatic N) is 6. The number of morpholine rings is 1. The minimum absolute atomic E-state index is 0.115. The van der Waals surface area contributed by atoms with Gasteiger partial charge in [-0.3, -0.25) is 4.79 Å². The molecule has 4 aromatic rings. The van der Waals surface area contributed by atoms with Crippen LogP contribution in [0.2, 0.25) is 0 Å². The molecule has 5 rings (SSSR count). The first-order chi connectivity index (χ1) is 18.4. The lowest BCUT2D eigenvalue weighted by molar-refractivity contribution is 0.102. The van der Waals surface area contributed by atoms with Crippen LogP contribution in [0, 0.1) is 18.7 Å². The van der Waals surface area contributed by atoms with Crippen molar-refractivity contribution in [1.29, 1.82) is 0 Å². The molecule has 1 amide bonds. The first-order valence-electron chi connectivity index (χ1n) is 13.0. The molecule has 1 aromatic carbocycles.